The van der Waals surface area contributed by atoms with Crippen LogP contribution in [0.1, 0.15) is 67.4 Å². The molecule has 1 atom stereocenters. The van der Waals surface area contributed by atoms with E-state index in [-0.39, 0.29) is 11.3 Å². The molecule has 1 aromatic heterocycles. The first-order valence-corrected chi connectivity index (χ1v) is 12.0. The summed E-state index contributed by atoms with van der Waals surface area (Å²) in [6, 6.07) is 0.353. The Morgan fingerprint density at radius 3 is 2.71 bits per heavy atom. The number of thiazole rings is 1. The van der Waals surface area contributed by atoms with Crippen LogP contribution in [0.5, 0.6) is 0 Å². The minimum atomic E-state index is -0.297. The number of aromatic nitrogens is 1. The van der Waals surface area contributed by atoms with Crippen LogP contribution >= 0.6 is 11.3 Å². The molecule has 5 nitrogen and oxygen atoms in total. The van der Waals surface area contributed by atoms with Crippen LogP contribution in [0.25, 0.3) is 0 Å². The minimum absolute atomic E-state index is 0.209. The molecule has 28 heavy (non-hydrogen) atoms. The van der Waals surface area contributed by atoms with Crippen LogP contribution in [0, 0.1) is 10.8 Å². The molecular formula is C22H33N3O2S. The summed E-state index contributed by atoms with van der Waals surface area (Å²) in [5.41, 5.74) is 1.40. The lowest BCUT2D eigenvalue weighted by Crippen LogP contribution is -2.57. The zero-order valence-electron chi connectivity index (χ0n) is 17.1. The lowest BCUT2D eigenvalue weighted by atomic mass is 9.73. The Morgan fingerprint density at radius 1 is 1.21 bits per heavy atom. The lowest BCUT2D eigenvalue weighted by molar-refractivity contribution is -0.159. The third-order valence-electron chi connectivity index (χ3n) is 7.70. The molecule has 2 aliphatic heterocycles. The van der Waals surface area contributed by atoms with Gasteiger partial charge in [0.05, 0.1) is 30.9 Å². The van der Waals surface area contributed by atoms with E-state index in [1.54, 1.807) is 4.88 Å². The summed E-state index contributed by atoms with van der Waals surface area (Å²) in [5, 5.41) is 4.75. The van der Waals surface area contributed by atoms with E-state index in [1.165, 1.54) is 62.1 Å². The summed E-state index contributed by atoms with van der Waals surface area (Å²) < 4.78 is 5.29. The molecule has 4 aliphatic rings. The molecule has 5 rings (SSSR count). The van der Waals surface area contributed by atoms with Crippen molar-refractivity contribution < 1.29 is 9.53 Å². The highest BCUT2D eigenvalue weighted by Crippen LogP contribution is 2.47. The third-order valence-corrected chi connectivity index (χ3v) is 8.84. The molecule has 2 aliphatic carbocycles. The van der Waals surface area contributed by atoms with Crippen molar-refractivity contribution in [2.75, 3.05) is 26.3 Å². The Hall–Kier alpha value is -0.980. The zero-order valence-corrected chi connectivity index (χ0v) is 17.9. The quantitative estimate of drug-likeness (QED) is 0.838. The van der Waals surface area contributed by atoms with Crippen molar-refractivity contribution in [3.05, 3.63) is 15.6 Å². The second-order valence-corrected chi connectivity index (χ2v) is 11.0. The SMILES string of the molecule is CC1(C(=O)NC2CCCC23CCN(Cc2nc4c(s2)CCCC4)CC3)COC1. The van der Waals surface area contributed by atoms with Crippen molar-refractivity contribution in [1.29, 1.82) is 0 Å². The number of nitrogens with one attached hydrogen (secondary N) is 1. The summed E-state index contributed by atoms with van der Waals surface area (Å²) in [4.78, 5) is 21.8. The van der Waals surface area contributed by atoms with Crippen LogP contribution in [-0.2, 0) is 28.9 Å². The van der Waals surface area contributed by atoms with Crippen molar-refractivity contribution in [2.24, 2.45) is 10.8 Å². The molecule has 1 aromatic rings. The van der Waals surface area contributed by atoms with Crippen LogP contribution in [0.2, 0.25) is 0 Å². The molecule has 1 unspecified atom stereocenters. The van der Waals surface area contributed by atoms with Gasteiger partial charge in [0.25, 0.3) is 0 Å². The smallest absolute Gasteiger partial charge is 0.230 e. The number of fused-ring (bicyclic) bond motifs is 1. The maximum absolute atomic E-state index is 12.7. The molecule has 0 aromatic carbocycles. The summed E-state index contributed by atoms with van der Waals surface area (Å²) in [7, 11) is 0. The average molecular weight is 404 g/mol. The Bertz CT molecular complexity index is 711. The fourth-order valence-corrected chi connectivity index (χ4v) is 6.85. The largest absolute Gasteiger partial charge is 0.379 e. The molecule has 3 fully saturated rings. The number of aryl methyl sites for hydroxylation is 2. The summed E-state index contributed by atoms with van der Waals surface area (Å²) in [5.74, 6) is 0.209. The molecule has 2 saturated heterocycles. The van der Waals surface area contributed by atoms with E-state index in [0.717, 1.165) is 26.1 Å². The normalized spacial score (nSPS) is 28.7. The van der Waals surface area contributed by atoms with Crippen LogP contribution in [-0.4, -0.2) is 48.1 Å². The van der Waals surface area contributed by atoms with Gasteiger partial charge in [0.15, 0.2) is 0 Å². The van der Waals surface area contributed by atoms with Crippen molar-refractivity contribution in [3.63, 3.8) is 0 Å². The molecule has 0 bridgehead atoms. The highest BCUT2D eigenvalue weighted by molar-refractivity contribution is 7.11. The van der Waals surface area contributed by atoms with Gasteiger partial charge in [0.2, 0.25) is 5.91 Å². The van der Waals surface area contributed by atoms with E-state index in [0.29, 0.717) is 24.7 Å². The summed E-state index contributed by atoms with van der Waals surface area (Å²) >= 11 is 1.95. The van der Waals surface area contributed by atoms with E-state index >= 15 is 0 Å². The van der Waals surface area contributed by atoms with Crippen molar-refractivity contribution in [1.82, 2.24) is 15.2 Å². The summed E-state index contributed by atoms with van der Waals surface area (Å²) in [6.07, 6.45) is 11.1. The molecule has 1 N–H and O–H groups in total. The molecular weight excluding hydrogens is 370 g/mol. The van der Waals surface area contributed by atoms with Crippen LogP contribution in [0.4, 0.5) is 0 Å². The van der Waals surface area contributed by atoms with Gasteiger partial charge in [0.1, 0.15) is 5.01 Å². The second kappa shape index (κ2) is 7.37. The predicted octanol–water partition coefficient (Wildman–Crippen LogP) is 3.31. The Labute approximate surface area is 172 Å². The third kappa shape index (κ3) is 3.41. The van der Waals surface area contributed by atoms with Gasteiger partial charge in [-0.1, -0.05) is 6.42 Å². The minimum Gasteiger partial charge on any atom is -0.379 e. The van der Waals surface area contributed by atoms with Gasteiger partial charge in [-0.2, -0.15) is 0 Å². The number of hydrogen-bond acceptors (Lipinski definition) is 5. The van der Waals surface area contributed by atoms with Crippen molar-refractivity contribution in [2.45, 2.75) is 77.3 Å². The molecule has 6 heteroatoms. The zero-order chi connectivity index (χ0) is 19.2. The van der Waals surface area contributed by atoms with Gasteiger partial charge in [-0.3, -0.25) is 9.69 Å². The number of ether oxygens (including phenoxy) is 1. The first kappa shape index (κ1) is 19.0. The fourth-order valence-electron chi connectivity index (χ4n) is 5.66. The maximum atomic E-state index is 12.7. The van der Waals surface area contributed by atoms with Crippen LogP contribution < -0.4 is 5.32 Å². The Morgan fingerprint density at radius 2 is 2.00 bits per heavy atom. The van der Waals surface area contributed by atoms with Gasteiger partial charge in [-0.25, -0.2) is 4.98 Å². The highest BCUT2D eigenvalue weighted by Gasteiger charge is 2.48. The number of carbonyl (C=O) groups excluding carboxylic acids is 1. The topological polar surface area (TPSA) is 54.5 Å². The van der Waals surface area contributed by atoms with Gasteiger partial charge in [0, 0.05) is 10.9 Å². The molecule has 1 spiro atoms. The Kier molecular flexibility index (Phi) is 5.00. The number of likely N-dealkylation sites (tertiary alicyclic amines) is 1. The molecule has 0 radical (unpaired) electrons. The average Bonchev–Trinajstić information content (AvgIpc) is 3.25. The standard InChI is InChI=1S/C22H33N3O2S/c1-21(14-27-15-21)20(26)24-18-7-4-8-22(18)9-11-25(12-10-22)13-19-23-16-5-2-3-6-17(16)28-19/h18H,2-15H2,1H3,(H,24,26). The van der Waals surface area contributed by atoms with Crippen LogP contribution in [0.15, 0.2) is 0 Å². The van der Waals surface area contributed by atoms with E-state index in [9.17, 15) is 4.79 Å². The lowest BCUT2D eigenvalue weighted by Gasteiger charge is -2.45. The first-order chi connectivity index (χ1) is 13.6. The van der Waals surface area contributed by atoms with Crippen LogP contribution in [0.3, 0.4) is 0 Å². The number of carbonyl (C=O) groups is 1. The molecule has 3 heterocycles. The van der Waals surface area contributed by atoms with E-state index in [2.05, 4.69) is 10.2 Å². The maximum Gasteiger partial charge on any atom is 0.230 e. The number of rotatable bonds is 4. The van der Waals surface area contributed by atoms with Gasteiger partial charge < -0.3 is 10.1 Å². The fraction of sp³-hybridized carbons (Fsp3) is 0.818. The van der Waals surface area contributed by atoms with Gasteiger partial charge in [-0.15, -0.1) is 11.3 Å². The van der Waals surface area contributed by atoms with Gasteiger partial charge >= 0.3 is 0 Å². The van der Waals surface area contributed by atoms with E-state index in [1.807, 2.05) is 18.3 Å². The molecule has 154 valence electrons. The number of nitrogens with zero attached hydrogens (tertiary/aromatic N) is 2. The van der Waals surface area contributed by atoms with E-state index in [4.69, 9.17) is 9.72 Å². The molecule has 1 amide bonds. The number of amides is 1. The van der Waals surface area contributed by atoms with Gasteiger partial charge in [-0.05, 0) is 76.8 Å². The Balaban J connectivity index is 1.18. The number of hydrogen-bond donors (Lipinski definition) is 1. The van der Waals surface area contributed by atoms with Crippen molar-refractivity contribution in [3.8, 4) is 0 Å². The predicted molar refractivity (Wildman–Crippen MR) is 110 cm³/mol. The highest BCUT2D eigenvalue weighted by atomic mass is 32.1. The second-order valence-electron chi connectivity index (χ2n) is 9.79. The van der Waals surface area contributed by atoms with Crippen molar-refractivity contribution >= 4 is 17.2 Å². The number of piperidine rings is 1. The monoisotopic (exact) mass is 403 g/mol. The molecule has 1 saturated carbocycles. The van der Waals surface area contributed by atoms with E-state index < -0.39 is 0 Å². The summed E-state index contributed by atoms with van der Waals surface area (Å²) in [6.45, 7) is 6.46. The first-order valence-electron chi connectivity index (χ1n) is 11.1.